The van der Waals surface area contributed by atoms with Crippen molar-refractivity contribution in [3.63, 3.8) is 0 Å². The van der Waals surface area contributed by atoms with Crippen molar-refractivity contribution in [3.8, 4) is 5.69 Å². The number of para-hydroxylation sites is 2. The molecule has 132 valence electrons. The number of carbonyl (C=O) groups excluding carboxylic acids is 1. The van der Waals surface area contributed by atoms with E-state index in [1.165, 1.54) is 6.42 Å². The summed E-state index contributed by atoms with van der Waals surface area (Å²) in [6.07, 6.45) is 5.33. The summed E-state index contributed by atoms with van der Waals surface area (Å²) >= 11 is 0. The minimum Gasteiger partial charge on any atom is -0.396 e. The summed E-state index contributed by atoms with van der Waals surface area (Å²) in [4.78, 5) is 12.6. The van der Waals surface area contributed by atoms with E-state index in [-0.39, 0.29) is 24.6 Å². The normalized spacial score (nSPS) is 27.4. The van der Waals surface area contributed by atoms with E-state index in [0.29, 0.717) is 17.5 Å². The van der Waals surface area contributed by atoms with Gasteiger partial charge in [-0.2, -0.15) is 5.10 Å². The second-order valence-electron chi connectivity index (χ2n) is 7.22. The van der Waals surface area contributed by atoms with Crippen LogP contribution in [0, 0.1) is 24.7 Å². The maximum absolute atomic E-state index is 12.6. The Hall–Kier alpha value is -2.34. The fraction of sp³-hybridized carbons (Fsp3) is 0.474. The van der Waals surface area contributed by atoms with Crippen molar-refractivity contribution in [2.45, 2.75) is 32.2 Å². The van der Waals surface area contributed by atoms with Gasteiger partial charge in [-0.15, -0.1) is 0 Å². The van der Waals surface area contributed by atoms with Crippen LogP contribution in [0.3, 0.4) is 0 Å². The minimum absolute atomic E-state index is 0.0721. The maximum Gasteiger partial charge on any atom is 0.319 e. The van der Waals surface area contributed by atoms with Crippen LogP contribution < -0.4 is 10.6 Å². The number of aliphatic hydroxyl groups excluding tert-OH is 1. The Morgan fingerprint density at radius 2 is 2.08 bits per heavy atom. The lowest BCUT2D eigenvalue weighted by molar-refractivity contribution is 0.146. The number of aromatic nitrogens is 2. The third-order valence-corrected chi connectivity index (χ3v) is 5.72. The minimum atomic E-state index is -0.215. The summed E-state index contributed by atoms with van der Waals surface area (Å²) in [5.74, 6) is 1.24. The molecule has 6 nitrogen and oxygen atoms in total. The second-order valence-corrected chi connectivity index (χ2v) is 7.22. The monoisotopic (exact) mass is 340 g/mol. The van der Waals surface area contributed by atoms with Crippen molar-refractivity contribution in [3.05, 3.63) is 42.2 Å². The average Bonchev–Trinajstić information content (AvgIpc) is 3.31. The molecule has 0 aliphatic heterocycles. The van der Waals surface area contributed by atoms with E-state index in [1.54, 1.807) is 4.68 Å². The Morgan fingerprint density at radius 3 is 2.84 bits per heavy atom. The van der Waals surface area contributed by atoms with Crippen LogP contribution in [0.1, 0.15) is 25.0 Å². The molecule has 3 N–H and O–H groups in total. The number of carbonyl (C=O) groups is 1. The standard InChI is InChI=1S/C19H24N4O2/c1-12-8-9-23(22-12)17-5-3-2-4-16(17)20-19(25)21-18-14-7-6-13(10-14)15(18)11-24/h2-5,8-9,13-15,18,24H,6-7,10-11H2,1H3,(H2,20,21,25). The molecule has 2 amide bonds. The molecule has 2 aliphatic rings. The van der Waals surface area contributed by atoms with Crippen LogP contribution in [0.2, 0.25) is 0 Å². The zero-order chi connectivity index (χ0) is 17.4. The van der Waals surface area contributed by atoms with E-state index in [1.807, 2.05) is 43.5 Å². The first-order chi connectivity index (χ1) is 12.2. The van der Waals surface area contributed by atoms with E-state index >= 15 is 0 Å². The summed E-state index contributed by atoms with van der Waals surface area (Å²) in [6, 6.07) is 9.40. The van der Waals surface area contributed by atoms with Crippen LogP contribution in [0.5, 0.6) is 0 Å². The van der Waals surface area contributed by atoms with Crippen LogP contribution in [0.25, 0.3) is 5.69 Å². The lowest BCUT2D eigenvalue weighted by Crippen LogP contribution is -2.46. The van der Waals surface area contributed by atoms with Gasteiger partial charge < -0.3 is 15.7 Å². The predicted molar refractivity (Wildman–Crippen MR) is 95.7 cm³/mol. The Balaban J connectivity index is 1.48. The van der Waals surface area contributed by atoms with Crippen LogP contribution in [-0.2, 0) is 0 Å². The van der Waals surface area contributed by atoms with Crippen LogP contribution in [0.15, 0.2) is 36.5 Å². The zero-order valence-electron chi connectivity index (χ0n) is 14.4. The predicted octanol–water partition coefficient (Wildman–Crippen LogP) is 2.71. The number of hydrogen-bond acceptors (Lipinski definition) is 3. The number of hydrogen-bond donors (Lipinski definition) is 3. The van der Waals surface area contributed by atoms with Crippen molar-refractivity contribution in [2.75, 3.05) is 11.9 Å². The van der Waals surface area contributed by atoms with Gasteiger partial charge in [-0.3, -0.25) is 0 Å². The number of urea groups is 1. The molecule has 0 saturated heterocycles. The van der Waals surface area contributed by atoms with Crippen molar-refractivity contribution >= 4 is 11.7 Å². The fourth-order valence-electron chi connectivity index (χ4n) is 4.54. The highest BCUT2D eigenvalue weighted by atomic mass is 16.3. The van der Waals surface area contributed by atoms with Gasteiger partial charge in [-0.25, -0.2) is 9.48 Å². The Morgan fingerprint density at radius 1 is 1.28 bits per heavy atom. The molecule has 2 aliphatic carbocycles. The smallest absolute Gasteiger partial charge is 0.319 e. The zero-order valence-corrected chi connectivity index (χ0v) is 14.4. The van der Waals surface area contributed by atoms with E-state index in [2.05, 4.69) is 15.7 Å². The first-order valence-corrected chi connectivity index (χ1v) is 8.96. The molecular formula is C19H24N4O2. The molecular weight excluding hydrogens is 316 g/mol. The molecule has 0 spiro atoms. The number of aryl methyl sites for hydroxylation is 1. The molecule has 1 aromatic carbocycles. The van der Waals surface area contributed by atoms with Gasteiger partial charge >= 0.3 is 6.03 Å². The molecule has 2 fully saturated rings. The van der Waals surface area contributed by atoms with E-state index < -0.39 is 0 Å². The lowest BCUT2D eigenvalue weighted by atomic mass is 9.85. The quantitative estimate of drug-likeness (QED) is 0.801. The molecule has 2 saturated carbocycles. The molecule has 6 heteroatoms. The molecule has 4 atom stereocenters. The first-order valence-electron chi connectivity index (χ1n) is 8.96. The van der Waals surface area contributed by atoms with Gasteiger partial charge in [0.25, 0.3) is 0 Å². The highest BCUT2D eigenvalue weighted by Crippen LogP contribution is 2.48. The number of nitrogens with one attached hydrogen (secondary N) is 2. The second kappa shape index (κ2) is 6.52. The summed E-state index contributed by atoms with van der Waals surface area (Å²) in [5, 5.41) is 20.2. The maximum atomic E-state index is 12.6. The summed E-state index contributed by atoms with van der Waals surface area (Å²) in [5.41, 5.74) is 2.47. The van der Waals surface area contributed by atoms with Gasteiger partial charge in [0, 0.05) is 24.8 Å². The fourth-order valence-corrected chi connectivity index (χ4v) is 4.54. The van der Waals surface area contributed by atoms with Gasteiger partial charge in [0.15, 0.2) is 0 Å². The van der Waals surface area contributed by atoms with Gasteiger partial charge in [0.1, 0.15) is 0 Å². The third kappa shape index (κ3) is 3.02. The highest BCUT2D eigenvalue weighted by molar-refractivity contribution is 5.91. The van der Waals surface area contributed by atoms with E-state index in [9.17, 15) is 9.90 Å². The Kier molecular flexibility index (Phi) is 4.21. The number of nitrogens with zero attached hydrogens (tertiary/aromatic N) is 2. The first kappa shape index (κ1) is 16.1. The van der Waals surface area contributed by atoms with Crippen LogP contribution >= 0.6 is 0 Å². The third-order valence-electron chi connectivity index (χ3n) is 5.72. The average molecular weight is 340 g/mol. The molecule has 25 heavy (non-hydrogen) atoms. The molecule has 0 radical (unpaired) electrons. The molecule has 1 heterocycles. The van der Waals surface area contributed by atoms with Crippen molar-refractivity contribution in [1.29, 1.82) is 0 Å². The lowest BCUT2D eigenvalue weighted by Gasteiger charge is -2.30. The number of benzene rings is 1. The largest absolute Gasteiger partial charge is 0.396 e. The number of aliphatic hydroxyl groups is 1. The Bertz CT molecular complexity index is 772. The SMILES string of the molecule is Cc1ccn(-c2ccccc2NC(=O)NC2C3CCC(C3)C2CO)n1. The van der Waals surface area contributed by atoms with E-state index in [0.717, 1.165) is 24.2 Å². The number of rotatable bonds is 4. The summed E-state index contributed by atoms with van der Waals surface area (Å²) in [7, 11) is 0. The van der Waals surface area contributed by atoms with Gasteiger partial charge in [-0.1, -0.05) is 12.1 Å². The molecule has 1 aromatic heterocycles. The molecule has 2 bridgehead atoms. The summed E-state index contributed by atoms with van der Waals surface area (Å²) in [6.45, 7) is 2.08. The molecule has 2 aromatic rings. The van der Waals surface area contributed by atoms with Crippen LogP contribution in [-0.4, -0.2) is 33.6 Å². The van der Waals surface area contributed by atoms with Crippen molar-refractivity contribution in [2.24, 2.45) is 17.8 Å². The highest BCUT2D eigenvalue weighted by Gasteiger charge is 2.47. The number of anilines is 1. The van der Waals surface area contributed by atoms with Gasteiger partial charge in [0.05, 0.1) is 17.1 Å². The van der Waals surface area contributed by atoms with Crippen molar-refractivity contribution in [1.82, 2.24) is 15.1 Å². The Labute approximate surface area is 147 Å². The van der Waals surface area contributed by atoms with Gasteiger partial charge in [-0.05, 0) is 56.2 Å². The summed E-state index contributed by atoms with van der Waals surface area (Å²) < 4.78 is 1.76. The van der Waals surface area contributed by atoms with E-state index in [4.69, 9.17) is 0 Å². The van der Waals surface area contributed by atoms with Gasteiger partial charge in [0.2, 0.25) is 0 Å². The van der Waals surface area contributed by atoms with Crippen LogP contribution in [0.4, 0.5) is 10.5 Å². The topological polar surface area (TPSA) is 79.2 Å². The molecule has 4 rings (SSSR count). The molecule has 4 unspecified atom stereocenters. The number of amides is 2. The van der Waals surface area contributed by atoms with Crippen molar-refractivity contribution < 1.29 is 9.90 Å². The number of fused-ring (bicyclic) bond motifs is 2.